The lowest BCUT2D eigenvalue weighted by atomic mass is 10.2. The summed E-state index contributed by atoms with van der Waals surface area (Å²) in [7, 11) is 1.32. The Hall–Kier alpha value is -3.26. The zero-order valence-electron chi connectivity index (χ0n) is 14.5. The highest BCUT2D eigenvalue weighted by molar-refractivity contribution is 7.99. The molecular formula is C19H16N4O3S. The molecular weight excluding hydrogens is 364 g/mol. The van der Waals surface area contributed by atoms with Crippen molar-refractivity contribution in [3.63, 3.8) is 0 Å². The molecule has 0 bridgehead atoms. The lowest BCUT2D eigenvalue weighted by Crippen LogP contribution is -2.14. The Bertz CT molecular complexity index is 916. The summed E-state index contributed by atoms with van der Waals surface area (Å²) in [6.45, 7) is 0. The highest BCUT2D eigenvalue weighted by atomic mass is 32.2. The minimum absolute atomic E-state index is 0.177. The molecule has 3 rings (SSSR count). The van der Waals surface area contributed by atoms with Crippen molar-refractivity contribution >= 4 is 29.3 Å². The summed E-state index contributed by atoms with van der Waals surface area (Å²) in [5, 5.41) is 11.7. The molecule has 0 fully saturated rings. The van der Waals surface area contributed by atoms with Crippen molar-refractivity contribution in [3.8, 4) is 11.3 Å². The zero-order chi connectivity index (χ0) is 19.1. The summed E-state index contributed by atoms with van der Waals surface area (Å²) in [4.78, 5) is 27.5. The number of aromatic nitrogens is 3. The minimum Gasteiger partial charge on any atom is -0.465 e. The van der Waals surface area contributed by atoms with Crippen LogP contribution >= 0.6 is 11.8 Å². The SMILES string of the molecule is COC(=O)c1ccc(NC(=O)CSc2ccc(-c3cccnc3)nn2)cc1. The number of ether oxygens (including phenoxy) is 1. The first-order valence-electron chi connectivity index (χ1n) is 8.01. The first kappa shape index (κ1) is 18.5. The molecule has 0 aliphatic carbocycles. The number of pyridine rings is 1. The van der Waals surface area contributed by atoms with Gasteiger partial charge in [0, 0.05) is 23.6 Å². The predicted molar refractivity (Wildman–Crippen MR) is 102 cm³/mol. The molecule has 1 N–H and O–H groups in total. The van der Waals surface area contributed by atoms with Crippen LogP contribution in [-0.4, -0.2) is 39.9 Å². The summed E-state index contributed by atoms with van der Waals surface area (Å²) >= 11 is 1.29. The summed E-state index contributed by atoms with van der Waals surface area (Å²) in [5.41, 5.74) is 2.64. The number of nitrogens with zero attached hydrogens (tertiary/aromatic N) is 3. The summed E-state index contributed by atoms with van der Waals surface area (Å²) in [5.74, 6) is -0.402. The maximum absolute atomic E-state index is 12.1. The number of methoxy groups -OCH3 is 1. The maximum atomic E-state index is 12.1. The van der Waals surface area contributed by atoms with E-state index in [-0.39, 0.29) is 11.7 Å². The monoisotopic (exact) mass is 380 g/mol. The van der Waals surface area contributed by atoms with E-state index in [0.29, 0.717) is 16.3 Å². The first-order valence-corrected chi connectivity index (χ1v) is 8.99. The van der Waals surface area contributed by atoms with Gasteiger partial charge < -0.3 is 10.1 Å². The molecule has 1 aromatic carbocycles. The highest BCUT2D eigenvalue weighted by Crippen LogP contribution is 2.19. The van der Waals surface area contributed by atoms with Crippen LogP contribution in [0.3, 0.4) is 0 Å². The van der Waals surface area contributed by atoms with Crippen LogP contribution in [0.5, 0.6) is 0 Å². The van der Waals surface area contributed by atoms with Gasteiger partial charge in [0.1, 0.15) is 5.03 Å². The van der Waals surface area contributed by atoms with E-state index < -0.39 is 5.97 Å². The van der Waals surface area contributed by atoms with Gasteiger partial charge in [-0.3, -0.25) is 9.78 Å². The van der Waals surface area contributed by atoms with Gasteiger partial charge in [0.25, 0.3) is 0 Å². The number of thioether (sulfide) groups is 1. The number of rotatable bonds is 6. The molecule has 2 heterocycles. The smallest absolute Gasteiger partial charge is 0.337 e. The van der Waals surface area contributed by atoms with Gasteiger partial charge in [0.2, 0.25) is 5.91 Å². The van der Waals surface area contributed by atoms with Crippen LogP contribution in [0.25, 0.3) is 11.3 Å². The third kappa shape index (κ3) is 5.11. The number of hydrogen-bond donors (Lipinski definition) is 1. The molecule has 0 atom stereocenters. The fourth-order valence-corrected chi connectivity index (χ4v) is 2.82. The zero-order valence-corrected chi connectivity index (χ0v) is 15.3. The van der Waals surface area contributed by atoms with Gasteiger partial charge in [-0.15, -0.1) is 10.2 Å². The number of carbonyl (C=O) groups excluding carboxylic acids is 2. The maximum Gasteiger partial charge on any atom is 0.337 e. The van der Waals surface area contributed by atoms with Gasteiger partial charge >= 0.3 is 5.97 Å². The van der Waals surface area contributed by atoms with E-state index in [1.54, 1.807) is 36.7 Å². The molecule has 3 aromatic rings. The Balaban J connectivity index is 1.52. The van der Waals surface area contributed by atoms with Crippen LogP contribution in [-0.2, 0) is 9.53 Å². The number of hydrogen-bond acceptors (Lipinski definition) is 7. The summed E-state index contributed by atoms with van der Waals surface area (Å²) < 4.78 is 4.64. The highest BCUT2D eigenvalue weighted by Gasteiger charge is 2.08. The van der Waals surface area contributed by atoms with Crippen LogP contribution in [0.2, 0.25) is 0 Å². The van der Waals surface area contributed by atoms with Gasteiger partial charge in [-0.25, -0.2) is 4.79 Å². The Labute approximate surface area is 160 Å². The Morgan fingerprint density at radius 1 is 1.07 bits per heavy atom. The number of benzene rings is 1. The van der Waals surface area contributed by atoms with Gasteiger partial charge in [0.05, 0.1) is 24.1 Å². The van der Waals surface area contributed by atoms with Crippen LogP contribution in [0.1, 0.15) is 10.4 Å². The topological polar surface area (TPSA) is 94.1 Å². The molecule has 1 amide bonds. The average Bonchev–Trinajstić information content (AvgIpc) is 2.73. The van der Waals surface area contributed by atoms with Crippen LogP contribution < -0.4 is 5.32 Å². The van der Waals surface area contributed by atoms with Crippen LogP contribution in [0.15, 0.2) is 66.0 Å². The molecule has 8 heteroatoms. The lowest BCUT2D eigenvalue weighted by Gasteiger charge is -2.06. The largest absolute Gasteiger partial charge is 0.465 e. The second-order valence-corrected chi connectivity index (χ2v) is 6.40. The predicted octanol–water partition coefficient (Wildman–Crippen LogP) is 3.06. The minimum atomic E-state index is -0.420. The van der Waals surface area contributed by atoms with E-state index in [1.807, 2.05) is 24.3 Å². The van der Waals surface area contributed by atoms with Crippen molar-refractivity contribution in [2.75, 3.05) is 18.2 Å². The van der Waals surface area contributed by atoms with E-state index in [4.69, 9.17) is 0 Å². The summed E-state index contributed by atoms with van der Waals surface area (Å²) in [6, 6.07) is 13.9. The van der Waals surface area contributed by atoms with Crippen molar-refractivity contribution in [2.24, 2.45) is 0 Å². The molecule has 27 heavy (non-hydrogen) atoms. The molecule has 0 unspecified atom stereocenters. The third-order valence-electron chi connectivity index (χ3n) is 3.54. The summed E-state index contributed by atoms with van der Waals surface area (Å²) in [6.07, 6.45) is 3.42. The average molecular weight is 380 g/mol. The number of anilines is 1. The van der Waals surface area contributed by atoms with E-state index in [1.165, 1.54) is 18.9 Å². The van der Waals surface area contributed by atoms with Gasteiger partial charge in [-0.1, -0.05) is 11.8 Å². The molecule has 7 nitrogen and oxygen atoms in total. The van der Waals surface area contributed by atoms with Crippen molar-refractivity contribution in [2.45, 2.75) is 5.03 Å². The molecule has 0 aliphatic heterocycles. The molecule has 0 saturated heterocycles. The normalized spacial score (nSPS) is 10.3. The van der Waals surface area contributed by atoms with Crippen molar-refractivity contribution in [3.05, 3.63) is 66.5 Å². The van der Waals surface area contributed by atoms with E-state index in [9.17, 15) is 9.59 Å². The van der Waals surface area contributed by atoms with E-state index in [0.717, 1.165) is 11.3 Å². The van der Waals surface area contributed by atoms with E-state index in [2.05, 4.69) is 25.2 Å². The number of carbonyl (C=O) groups is 2. The fraction of sp³-hybridized carbons (Fsp3) is 0.105. The van der Waals surface area contributed by atoms with Crippen LogP contribution in [0.4, 0.5) is 5.69 Å². The van der Waals surface area contributed by atoms with Crippen molar-refractivity contribution in [1.82, 2.24) is 15.2 Å². The van der Waals surface area contributed by atoms with Gasteiger partial charge in [0.15, 0.2) is 0 Å². The molecule has 0 radical (unpaired) electrons. The molecule has 0 aliphatic rings. The number of amides is 1. The number of nitrogens with one attached hydrogen (secondary N) is 1. The molecule has 2 aromatic heterocycles. The Morgan fingerprint density at radius 3 is 2.52 bits per heavy atom. The van der Waals surface area contributed by atoms with Crippen molar-refractivity contribution < 1.29 is 14.3 Å². The van der Waals surface area contributed by atoms with Crippen LogP contribution in [0, 0.1) is 0 Å². The lowest BCUT2D eigenvalue weighted by molar-refractivity contribution is -0.113. The van der Waals surface area contributed by atoms with Crippen molar-refractivity contribution in [1.29, 1.82) is 0 Å². The second kappa shape index (κ2) is 8.91. The molecule has 0 spiro atoms. The Kier molecular flexibility index (Phi) is 6.11. The van der Waals surface area contributed by atoms with Gasteiger partial charge in [-0.05, 0) is 48.5 Å². The Morgan fingerprint density at radius 2 is 1.89 bits per heavy atom. The molecule has 0 saturated carbocycles. The molecule has 136 valence electrons. The second-order valence-electron chi connectivity index (χ2n) is 5.40. The van der Waals surface area contributed by atoms with Gasteiger partial charge in [-0.2, -0.15) is 0 Å². The quantitative estimate of drug-likeness (QED) is 0.519. The first-order chi connectivity index (χ1) is 13.2. The van der Waals surface area contributed by atoms with E-state index >= 15 is 0 Å². The standard InChI is InChI=1S/C19H16N4O3S/c1-26-19(25)13-4-6-15(7-5-13)21-17(24)12-27-18-9-8-16(22-23-18)14-3-2-10-20-11-14/h2-11H,12H2,1H3,(H,21,24). The number of esters is 1. The fourth-order valence-electron chi connectivity index (χ4n) is 2.21. The third-order valence-corrected chi connectivity index (χ3v) is 4.46.